The standard InChI is InChI=1S/C18H15F6N5O2/c19-17(20,21)9-26-16(31)14-27-12(11-6-2-4-8-29(11)14)15(30)28-13(18(22,23)24)10-5-1-3-7-25-10/h1-8,13-14,27H,9H2,(H,26,31)(H,28,30)/p+1. The number of H-pyrrole nitrogens is 1. The molecule has 2 aliphatic heterocycles. The minimum absolute atomic E-state index is 0.0325. The lowest BCUT2D eigenvalue weighted by atomic mass is 10.1. The zero-order valence-electron chi connectivity index (χ0n) is 15.5. The second kappa shape index (κ2) is 8.32. The lowest BCUT2D eigenvalue weighted by molar-refractivity contribution is -0.401. The number of carbonyl (C=O) groups excluding carboxylic acids is 2. The monoisotopic (exact) mass is 448 g/mol. The van der Waals surface area contributed by atoms with Crippen LogP contribution < -0.4 is 20.9 Å². The van der Waals surface area contributed by atoms with Crippen molar-refractivity contribution >= 4 is 11.8 Å². The Labute approximate surface area is 171 Å². The Morgan fingerprint density at radius 3 is 2.52 bits per heavy atom. The van der Waals surface area contributed by atoms with Gasteiger partial charge in [-0.2, -0.15) is 26.3 Å². The van der Waals surface area contributed by atoms with E-state index in [9.17, 15) is 35.9 Å². The van der Waals surface area contributed by atoms with Crippen LogP contribution in [-0.4, -0.2) is 41.8 Å². The summed E-state index contributed by atoms with van der Waals surface area (Å²) in [6.07, 6.45) is -4.13. The Bertz CT molecular complexity index is 939. The molecule has 0 saturated heterocycles. The first kappa shape index (κ1) is 22.2. The van der Waals surface area contributed by atoms with Crippen LogP contribution >= 0.6 is 0 Å². The quantitative estimate of drug-likeness (QED) is 0.595. The maximum atomic E-state index is 13.5. The van der Waals surface area contributed by atoms with Gasteiger partial charge in [-0.05, 0) is 12.2 Å². The first-order valence-corrected chi connectivity index (χ1v) is 8.80. The van der Waals surface area contributed by atoms with Crippen molar-refractivity contribution in [3.05, 3.63) is 65.9 Å². The summed E-state index contributed by atoms with van der Waals surface area (Å²) >= 11 is 0. The van der Waals surface area contributed by atoms with Gasteiger partial charge in [0.15, 0.2) is 12.4 Å². The average molecular weight is 448 g/mol. The highest BCUT2D eigenvalue weighted by molar-refractivity contribution is 5.97. The number of aromatic amines is 1. The van der Waals surface area contributed by atoms with E-state index in [-0.39, 0.29) is 11.4 Å². The van der Waals surface area contributed by atoms with Crippen LogP contribution in [0, 0.1) is 0 Å². The molecule has 0 aliphatic carbocycles. The number of nitrogens with one attached hydrogen (secondary N) is 4. The highest BCUT2D eigenvalue weighted by atomic mass is 19.4. The summed E-state index contributed by atoms with van der Waals surface area (Å²) in [5.41, 5.74) is -0.689. The van der Waals surface area contributed by atoms with E-state index in [1.807, 2.05) is 5.32 Å². The van der Waals surface area contributed by atoms with Crippen molar-refractivity contribution in [2.45, 2.75) is 24.6 Å². The molecule has 13 heteroatoms. The molecule has 7 nitrogen and oxygen atoms in total. The highest BCUT2D eigenvalue weighted by Gasteiger charge is 2.47. The maximum Gasteiger partial charge on any atom is 0.418 e. The first-order chi connectivity index (χ1) is 14.5. The van der Waals surface area contributed by atoms with Gasteiger partial charge >= 0.3 is 12.4 Å². The number of halogens is 6. The van der Waals surface area contributed by atoms with Gasteiger partial charge in [0.25, 0.3) is 11.8 Å². The molecule has 4 N–H and O–H groups in total. The fraction of sp³-hybridized carbons (Fsp3) is 0.278. The number of carbonyl (C=O) groups is 2. The summed E-state index contributed by atoms with van der Waals surface area (Å²) < 4.78 is 77.8. The molecular weight excluding hydrogens is 432 g/mol. The van der Waals surface area contributed by atoms with E-state index in [2.05, 4.69) is 10.3 Å². The molecule has 1 aromatic heterocycles. The van der Waals surface area contributed by atoms with E-state index in [0.29, 0.717) is 0 Å². The predicted molar refractivity (Wildman–Crippen MR) is 93.1 cm³/mol. The third-order valence-electron chi connectivity index (χ3n) is 4.29. The molecule has 0 saturated carbocycles. The molecule has 166 valence electrons. The Kier molecular flexibility index (Phi) is 5.95. The van der Waals surface area contributed by atoms with Crippen molar-refractivity contribution in [1.82, 2.24) is 20.9 Å². The molecule has 0 spiro atoms. The molecule has 1 aromatic rings. The zero-order valence-corrected chi connectivity index (χ0v) is 15.5. The Hall–Kier alpha value is -3.51. The van der Waals surface area contributed by atoms with Gasteiger partial charge < -0.3 is 20.9 Å². The first-order valence-electron chi connectivity index (χ1n) is 8.80. The van der Waals surface area contributed by atoms with Gasteiger partial charge in [0.2, 0.25) is 11.7 Å². The van der Waals surface area contributed by atoms with Crippen LogP contribution in [0.3, 0.4) is 0 Å². The van der Waals surface area contributed by atoms with E-state index in [1.165, 1.54) is 42.8 Å². The van der Waals surface area contributed by atoms with Gasteiger partial charge in [-0.25, -0.2) is 4.98 Å². The van der Waals surface area contributed by atoms with Crippen LogP contribution in [0.5, 0.6) is 0 Å². The summed E-state index contributed by atoms with van der Waals surface area (Å²) in [5, 5.41) is 5.94. The van der Waals surface area contributed by atoms with E-state index in [0.717, 1.165) is 11.0 Å². The van der Waals surface area contributed by atoms with Crippen molar-refractivity contribution in [3.8, 4) is 0 Å². The number of allylic oxidation sites excluding steroid dienone is 3. The summed E-state index contributed by atoms with van der Waals surface area (Å²) in [4.78, 5) is 28.4. The van der Waals surface area contributed by atoms with Crippen LogP contribution in [0.1, 0.15) is 11.7 Å². The molecule has 3 heterocycles. The number of rotatable bonds is 5. The lowest BCUT2D eigenvalue weighted by Crippen LogP contribution is -2.51. The third kappa shape index (κ3) is 5.16. The molecule has 31 heavy (non-hydrogen) atoms. The van der Waals surface area contributed by atoms with E-state index >= 15 is 0 Å². The molecule has 0 fully saturated rings. The smallest absolute Gasteiger partial charge is 0.351 e. The number of fused-ring (bicyclic) bond motifs is 1. The number of pyridine rings is 1. The minimum Gasteiger partial charge on any atom is -0.351 e. The topological polar surface area (TPSA) is 87.6 Å². The van der Waals surface area contributed by atoms with Gasteiger partial charge in [0, 0.05) is 18.3 Å². The van der Waals surface area contributed by atoms with Gasteiger partial charge in [0.05, 0.1) is 5.70 Å². The molecule has 0 aromatic carbocycles. The van der Waals surface area contributed by atoms with Crippen LogP contribution in [0.2, 0.25) is 0 Å². The fourth-order valence-electron chi connectivity index (χ4n) is 2.96. The van der Waals surface area contributed by atoms with Gasteiger partial charge in [-0.3, -0.25) is 9.59 Å². The Morgan fingerprint density at radius 1 is 1.16 bits per heavy atom. The molecule has 0 bridgehead atoms. The van der Waals surface area contributed by atoms with Gasteiger partial charge in [0.1, 0.15) is 12.2 Å². The second-order valence-electron chi connectivity index (χ2n) is 6.51. The summed E-state index contributed by atoms with van der Waals surface area (Å²) in [7, 11) is 0. The zero-order chi connectivity index (χ0) is 22.8. The lowest BCUT2D eigenvalue weighted by Gasteiger charge is -2.25. The molecule has 2 atom stereocenters. The molecule has 2 aliphatic rings. The van der Waals surface area contributed by atoms with Crippen LogP contribution in [0.25, 0.3) is 0 Å². The van der Waals surface area contributed by atoms with Crippen molar-refractivity contribution in [2.24, 2.45) is 0 Å². The number of aromatic nitrogens is 1. The number of amides is 2. The highest BCUT2D eigenvalue weighted by Crippen LogP contribution is 2.32. The Balaban J connectivity index is 1.82. The Morgan fingerprint density at radius 2 is 1.90 bits per heavy atom. The van der Waals surface area contributed by atoms with E-state index in [4.69, 9.17) is 0 Å². The van der Waals surface area contributed by atoms with Crippen LogP contribution in [0.4, 0.5) is 26.3 Å². The number of hydrogen-bond acceptors (Lipinski definition) is 4. The minimum atomic E-state index is -4.84. The maximum absolute atomic E-state index is 13.5. The fourth-order valence-corrected chi connectivity index (χ4v) is 2.96. The molecule has 0 radical (unpaired) electrons. The molecule has 2 unspecified atom stereocenters. The van der Waals surface area contributed by atoms with E-state index < -0.39 is 48.6 Å². The summed E-state index contributed by atoms with van der Waals surface area (Å²) in [6, 6.07) is 1.57. The van der Waals surface area contributed by atoms with Crippen molar-refractivity contribution in [3.63, 3.8) is 0 Å². The predicted octanol–water partition coefficient (Wildman–Crippen LogP) is 1.43. The third-order valence-corrected chi connectivity index (χ3v) is 4.29. The largest absolute Gasteiger partial charge is 0.418 e. The average Bonchev–Trinajstić information content (AvgIpc) is 3.09. The summed E-state index contributed by atoms with van der Waals surface area (Å²) in [6.45, 7) is -1.60. The van der Waals surface area contributed by atoms with Crippen molar-refractivity contribution in [1.29, 1.82) is 0 Å². The summed E-state index contributed by atoms with van der Waals surface area (Å²) in [5.74, 6) is -2.30. The van der Waals surface area contributed by atoms with Gasteiger partial charge in [-0.1, -0.05) is 12.1 Å². The number of alkyl halides is 6. The normalized spacial score (nSPS) is 19.0. The van der Waals surface area contributed by atoms with Crippen molar-refractivity contribution < 1.29 is 40.9 Å². The number of hydrogen-bond donors (Lipinski definition) is 3. The van der Waals surface area contributed by atoms with Gasteiger partial charge in [-0.15, -0.1) is 0 Å². The SMILES string of the molecule is O=C(NC(c1cccc[nH+]1)C(F)(F)F)C1=C2C=CC=CN2C(C(=O)NCC(F)(F)F)N1. The van der Waals surface area contributed by atoms with E-state index in [1.54, 1.807) is 5.32 Å². The molecule has 2 amide bonds. The van der Waals surface area contributed by atoms with Crippen LogP contribution in [-0.2, 0) is 9.59 Å². The second-order valence-corrected chi connectivity index (χ2v) is 6.51. The van der Waals surface area contributed by atoms with Crippen LogP contribution in [0.15, 0.2) is 60.2 Å². The molecule has 3 rings (SSSR count). The van der Waals surface area contributed by atoms with Crippen molar-refractivity contribution in [2.75, 3.05) is 6.54 Å². The molecular formula is C18H16F6N5O2+. The number of nitrogens with zero attached hydrogens (tertiary/aromatic N) is 1.